The van der Waals surface area contributed by atoms with Crippen molar-refractivity contribution in [1.29, 1.82) is 0 Å². The molecule has 27 heavy (non-hydrogen) atoms. The van der Waals surface area contributed by atoms with Gasteiger partial charge in [-0.1, -0.05) is 0 Å². The number of aliphatic hydroxyl groups is 2. The molecule has 0 amide bonds. The van der Waals surface area contributed by atoms with E-state index in [0.29, 0.717) is 31.9 Å². The molecule has 2 aliphatic rings. The van der Waals surface area contributed by atoms with Gasteiger partial charge < -0.3 is 30.9 Å². The van der Waals surface area contributed by atoms with E-state index < -0.39 is 17.4 Å². The molecular weight excluding hydrogens is 382 g/mol. The smallest absolute Gasteiger partial charge is 0.410 e. The Kier molecular flexibility index (Phi) is 5.75. The van der Waals surface area contributed by atoms with Crippen LogP contribution in [0.3, 0.4) is 0 Å². The lowest BCUT2D eigenvalue weighted by Crippen LogP contribution is -2.41. The highest BCUT2D eigenvalue weighted by molar-refractivity contribution is 6.11. The highest BCUT2D eigenvalue weighted by Crippen LogP contribution is 2.41. The number of anilines is 2. The van der Waals surface area contributed by atoms with Crippen molar-refractivity contribution in [2.24, 2.45) is 5.41 Å². The molecule has 5 N–H and O–H groups in total. The van der Waals surface area contributed by atoms with Crippen molar-refractivity contribution in [1.82, 2.24) is 15.3 Å². The van der Waals surface area contributed by atoms with Gasteiger partial charge in [0.25, 0.3) is 16.3 Å². The van der Waals surface area contributed by atoms with Crippen LogP contribution in [0.2, 0.25) is 0 Å². The van der Waals surface area contributed by atoms with Gasteiger partial charge in [-0.2, -0.15) is 23.1 Å². The number of piperidine rings is 1. The van der Waals surface area contributed by atoms with Crippen LogP contribution in [0.5, 0.6) is 5.88 Å². The van der Waals surface area contributed by atoms with Crippen molar-refractivity contribution in [2.75, 3.05) is 30.3 Å². The Morgan fingerprint density at radius 3 is 2.56 bits per heavy atom. The van der Waals surface area contributed by atoms with Gasteiger partial charge in [-0.15, -0.1) is 0 Å². The summed E-state index contributed by atoms with van der Waals surface area (Å²) in [7, 11) is 0. The van der Waals surface area contributed by atoms with E-state index in [2.05, 4.69) is 15.3 Å². The van der Waals surface area contributed by atoms with Crippen molar-refractivity contribution in [3.8, 4) is 5.88 Å². The highest BCUT2D eigenvalue weighted by atomic mass is 27.0. The van der Waals surface area contributed by atoms with Gasteiger partial charge in [-0.05, 0) is 24.7 Å². The van der Waals surface area contributed by atoms with Crippen molar-refractivity contribution >= 4 is 28.1 Å². The SMILES string of the molecule is Nc1nc(O[C@H]([AlH2])C(F)(F)F)cc(N2CCC3(CC2)CN[C@H](C(O)O)C3)n1. The zero-order valence-corrected chi connectivity index (χ0v) is 16.9. The number of hydrogen-bond acceptors (Lipinski definition) is 8. The standard InChI is InChI=1S/C15H21F3N5O3.Al.2H/c16-15(17,18)8-26-11-5-10(21-13(19)22-11)23-3-1-14(2-4-23)6-9(12(24)25)20-7-14;;;/h5,8-9,12,20,24-25H,1-4,6-7H2,(H2,19,21,22);;;/t9-;;;/m0.../s1. The summed E-state index contributed by atoms with van der Waals surface area (Å²) in [6.07, 6.45) is -3.55. The van der Waals surface area contributed by atoms with Crippen LogP contribution in [0.25, 0.3) is 0 Å². The number of ether oxygens (including phenoxy) is 1. The minimum atomic E-state index is -4.44. The first-order valence-corrected chi connectivity index (χ1v) is 9.96. The summed E-state index contributed by atoms with van der Waals surface area (Å²) in [4.78, 5) is 7.96. The van der Waals surface area contributed by atoms with E-state index in [-0.39, 0.29) is 39.6 Å². The fourth-order valence-electron chi connectivity index (χ4n) is 3.66. The first-order valence-electron chi connectivity index (χ1n) is 8.80. The molecule has 1 aromatic rings. The molecule has 0 unspecified atom stereocenters. The van der Waals surface area contributed by atoms with Gasteiger partial charge >= 0.3 is 6.18 Å². The summed E-state index contributed by atoms with van der Waals surface area (Å²) in [5.74, 6) is 0.124. The first-order chi connectivity index (χ1) is 12.6. The maximum Gasteiger partial charge on any atom is 0.410 e. The van der Waals surface area contributed by atoms with E-state index in [4.69, 9.17) is 10.5 Å². The molecule has 2 aliphatic heterocycles. The number of rotatable bonds is 4. The normalized spacial score (nSPS) is 23.8. The van der Waals surface area contributed by atoms with Crippen LogP contribution < -0.4 is 20.7 Å². The van der Waals surface area contributed by atoms with E-state index in [1.165, 1.54) is 6.07 Å². The Balaban J connectivity index is 1.66. The maximum atomic E-state index is 12.7. The van der Waals surface area contributed by atoms with Crippen LogP contribution >= 0.6 is 0 Å². The third kappa shape index (κ3) is 4.75. The van der Waals surface area contributed by atoms with Crippen LogP contribution in [0.4, 0.5) is 24.9 Å². The summed E-state index contributed by atoms with van der Waals surface area (Å²) < 4.78 is 43.1. The third-order valence-electron chi connectivity index (χ3n) is 5.37. The molecule has 0 aliphatic carbocycles. The van der Waals surface area contributed by atoms with Gasteiger partial charge in [0.1, 0.15) is 10.8 Å². The van der Waals surface area contributed by atoms with Crippen molar-refractivity contribution in [2.45, 2.75) is 42.7 Å². The number of halogens is 3. The van der Waals surface area contributed by atoms with Crippen LogP contribution in [0.1, 0.15) is 19.3 Å². The predicted octanol–water partition coefficient (Wildman–Crippen LogP) is -0.782. The molecule has 1 aromatic heterocycles. The molecular formula is C15H23AlF3N5O3. The van der Waals surface area contributed by atoms with E-state index in [1.54, 1.807) is 0 Å². The third-order valence-corrected chi connectivity index (χ3v) is 6.26. The molecule has 150 valence electrons. The largest absolute Gasteiger partial charge is 0.482 e. The number of nitrogens with zero attached hydrogens (tertiary/aromatic N) is 3. The quantitative estimate of drug-likeness (QED) is 0.381. The number of nitrogens with two attached hydrogens (primary N) is 1. The van der Waals surface area contributed by atoms with Gasteiger partial charge in [0.05, 0.1) is 6.04 Å². The number of aliphatic hydroxyl groups excluding tert-OH is 1. The Morgan fingerprint density at radius 1 is 1.33 bits per heavy atom. The zero-order valence-electron chi connectivity index (χ0n) is 14.9. The number of nitrogen functional groups attached to an aromatic ring is 1. The minimum absolute atomic E-state index is 0.0147. The maximum absolute atomic E-state index is 12.7. The monoisotopic (exact) mass is 405 g/mol. The highest BCUT2D eigenvalue weighted by Gasteiger charge is 2.43. The molecule has 2 atom stereocenters. The second-order valence-electron chi connectivity index (χ2n) is 7.32. The van der Waals surface area contributed by atoms with Crippen LogP contribution in [0.15, 0.2) is 6.07 Å². The Hall–Kier alpha value is -1.32. The second kappa shape index (κ2) is 7.60. The lowest BCUT2D eigenvalue weighted by molar-refractivity contribution is -0.170. The van der Waals surface area contributed by atoms with Gasteiger partial charge in [-0.3, -0.25) is 0 Å². The molecule has 0 radical (unpaired) electrons. The fourth-order valence-corrected chi connectivity index (χ4v) is 3.90. The summed E-state index contributed by atoms with van der Waals surface area (Å²) in [6.45, 7) is 1.97. The summed E-state index contributed by atoms with van der Waals surface area (Å²) in [6, 6.07) is 1.05. The fraction of sp³-hybridized carbons (Fsp3) is 0.733. The minimum Gasteiger partial charge on any atom is -0.482 e. The molecule has 2 saturated heterocycles. The molecule has 8 nitrogen and oxygen atoms in total. The van der Waals surface area contributed by atoms with Crippen LogP contribution in [-0.4, -0.2) is 79.6 Å². The molecule has 0 saturated carbocycles. The summed E-state index contributed by atoms with van der Waals surface area (Å²) >= 11 is -0.224. The molecule has 12 heteroatoms. The lowest BCUT2D eigenvalue weighted by atomic mass is 9.76. The van der Waals surface area contributed by atoms with Crippen molar-refractivity contribution in [3.05, 3.63) is 6.07 Å². The van der Waals surface area contributed by atoms with Gasteiger partial charge in [-0.25, -0.2) is 0 Å². The first kappa shape index (κ1) is 20.4. The average molecular weight is 405 g/mol. The Bertz CT molecular complexity index is 671. The van der Waals surface area contributed by atoms with Crippen molar-refractivity contribution < 1.29 is 28.1 Å². The molecule has 1 spiro atoms. The van der Waals surface area contributed by atoms with Gasteiger partial charge in [0, 0.05) is 25.7 Å². The topological polar surface area (TPSA) is 117 Å². The molecule has 0 aromatic carbocycles. The molecule has 2 fully saturated rings. The Morgan fingerprint density at radius 2 is 2.00 bits per heavy atom. The van der Waals surface area contributed by atoms with E-state index in [1.807, 2.05) is 4.90 Å². The molecule has 3 rings (SSSR count). The lowest BCUT2D eigenvalue weighted by Gasteiger charge is -2.39. The van der Waals surface area contributed by atoms with Crippen LogP contribution in [-0.2, 0) is 0 Å². The summed E-state index contributed by atoms with van der Waals surface area (Å²) in [5, 5.41) is 21.8. The van der Waals surface area contributed by atoms with E-state index in [0.717, 1.165) is 12.8 Å². The second-order valence-corrected chi connectivity index (χ2v) is 8.37. The predicted molar refractivity (Wildman–Crippen MR) is 94.0 cm³/mol. The van der Waals surface area contributed by atoms with E-state index in [9.17, 15) is 23.4 Å². The summed E-state index contributed by atoms with van der Waals surface area (Å²) in [5.41, 5.74) is 5.64. The van der Waals surface area contributed by atoms with Crippen LogP contribution in [0, 0.1) is 5.41 Å². The van der Waals surface area contributed by atoms with E-state index >= 15 is 0 Å². The molecule has 0 bridgehead atoms. The van der Waals surface area contributed by atoms with Gasteiger partial charge in [0.2, 0.25) is 11.8 Å². The van der Waals surface area contributed by atoms with Gasteiger partial charge in [0.15, 0.2) is 6.29 Å². The number of alkyl halides is 3. The Labute approximate surface area is 162 Å². The average Bonchev–Trinajstić information content (AvgIpc) is 2.98. The zero-order chi connectivity index (χ0) is 19.8. The molecule has 3 heterocycles. The van der Waals surface area contributed by atoms with Crippen molar-refractivity contribution in [3.63, 3.8) is 0 Å². The number of nitrogens with one attached hydrogen (secondary N) is 1. The number of aromatic nitrogens is 2. The number of hydrogen-bond donors (Lipinski definition) is 4.